The molecular formula is C6H15ClN2. The maximum atomic E-state index is 5.56. The summed E-state index contributed by atoms with van der Waals surface area (Å²) in [5.41, 5.74) is 5.56. The smallest absolute Gasteiger partial charge is 0.0297 e. The molecular weight excluding hydrogens is 136 g/mol. The number of nitrogens with two attached hydrogens (primary N) is 1. The van der Waals surface area contributed by atoms with Gasteiger partial charge in [-0.2, -0.15) is 0 Å². The first kappa shape index (κ1) is 9.21. The number of halogens is 1. The van der Waals surface area contributed by atoms with Gasteiger partial charge in [0.25, 0.3) is 0 Å². The van der Waals surface area contributed by atoms with Crippen molar-refractivity contribution in [2.24, 2.45) is 5.73 Å². The lowest BCUT2D eigenvalue weighted by atomic mass is 10.1. The molecule has 0 aliphatic carbocycles. The van der Waals surface area contributed by atoms with Crippen molar-refractivity contribution in [3.8, 4) is 0 Å². The monoisotopic (exact) mass is 150 g/mol. The second-order valence-electron chi connectivity index (χ2n) is 2.81. The van der Waals surface area contributed by atoms with E-state index in [0.29, 0.717) is 12.1 Å². The van der Waals surface area contributed by atoms with Gasteiger partial charge in [0.1, 0.15) is 0 Å². The molecule has 1 aliphatic heterocycles. The van der Waals surface area contributed by atoms with Crippen LogP contribution in [0.25, 0.3) is 0 Å². The molecule has 1 saturated heterocycles. The Morgan fingerprint density at radius 1 is 1.44 bits per heavy atom. The summed E-state index contributed by atoms with van der Waals surface area (Å²) in [5.74, 6) is 0. The Kier molecular flexibility index (Phi) is 3.48. The topological polar surface area (TPSA) is 29.3 Å². The van der Waals surface area contributed by atoms with Gasteiger partial charge in [-0.1, -0.05) is 0 Å². The highest BCUT2D eigenvalue weighted by molar-refractivity contribution is 5.85. The van der Waals surface area contributed by atoms with E-state index in [9.17, 15) is 0 Å². The van der Waals surface area contributed by atoms with E-state index < -0.39 is 0 Å². The lowest BCUT2D eigenvalue weighted by Crippen LogP contribution is -2.57. The molecule has 56 valence electrons. The molecule has 0 unspecified atom stereocenters. The molecule has 2 nitrogen and oxygen atoms in total. The van der Waals surface area contributed by atoms with E-state index >= 15 is 0 Å². The van der Waals surface area contributed by atoms with Crippen LogP contribution >= 0.6 is 12.4 Å². The van der Waals surface area contributed by atoms with Crippen molar-refractivity contribution in [1.82, 2.24) is 4.90 Å². The summed E-state index contributed by atoms with van der Waals surface area (Å²) >= 11 is 0. The number of nitrogens with zero attached hydrogens (tertiary/aromatic N) is 1. The Labute approximate surface area is 62.8 Å². The van der Waals surface area contributed by atoms with Crippen LogP contribution < -0.4 is 5.73 Å². The Morgan fingerprint density at radius 3 is 2.00 bits per heavy atom. The van der Waals surface area contributed by atoms with Crippen LogP contribution in [-0.2, 0) is 0 Å². The van der Waals surface area contributed by atoms with Gasteiger partial charge in [-0.05, 0) is 13.8 Å². The Hall–Kier alpha value is 0.210. The van der Waals surface area contributed by atoms with Gasteiger partial charge in [-0.3, -0.25) is 4.90 Å². The molecule has 0 saturated carbocycles. The molecule has 0 aromatic carbocycles. The van der Waals surface area contributed by atoms with E-state index in [4.69, 9.17) is 5.73 Å². The van der Waals surface area contributed by atoms with E-state index in [1.54, 1.807) is 0 Å². The zero-order valence-corrected chi connectivity index (χ0v) is 6.82. The third-order valence-corrected chi connectivity index (χ3v) is 1.67. The van der Waals surface area contributed by atoms with Crippen molar-refractivity contribution in [2.75, 3.05) is 13.1 Å². The van der Waals surface area contributed by atoms with E-state index in [1.165, 1.54) is 0 Å². The highest BCUT2D eigenvalue weighted by Gasteiger charge is 2.24. The van der Waals surface area contributed by atoms with Crippen LogP contribution in [0.2, 0.25) is 0 Å². The normalized spacial score (nSPS) is 21.3. The maximum Gasteiger partial charge on any atom is 0.0297 e. The van der Waals surface area contributed by atoms with Gasteiger partial charge in [0.05, 0.1) is 0 Å². The number of rotatable bonds is 1. The van der Waals surface area contributed by atoms with Gasteiger partial charge >= 0.3 is 0 Å². The van der Waals surface area contributed by atoms with Crippen LogP contribution in [0.5, 0.6) is 0 Å². The van der Waals surface area contributed by atoms with Gasteiger partial charge < -0.3 is 5.73 Å². The molecule has 0 aromatic rings. The van der Waals surface area contributed by atoms with Crippen molar-refractivity contribution >= 4 is 12.4 Å². The van der Waals surface area contributed by atoms with Crippen LogP contribution in [0.4, 0.5) is 0 Å². The molecule has 1 rings (SSSR count). The molecule has 0 spiro atoms. The average Bonchev–Trinajstić information content (AvgIpc) is 1.57. The Bertz CT molecular complexity index is 79.1. The average molecular weight is 151 g/mol. The minimum Gasteiger partial charge on any atom is -0.325 e. The van der Waals surface area contributed by atoms with Crippen LogP contribution in [-0.4, -0.2) is 30.1 Å². The lowest BCUT2D eigenvalue weighted by molar-refractivity contribution is 0.112. The van der Waals surface area contributed by atoms with E-state index in [2.05, 4.69) is 18.7 Å². The first-order valence-corrected chi connectivity index (χ1v) is 3.20. The standard InChI is InChI=1S/C6H14N2.ClH/c1-5(2)8-3-6(7)4-8;/h5-6H,3-4,7H2,1-2H3;1H. The molecule has 0 aromatic heterocycles. The largest absolute Gasteiger partial charge is 0.325 e. The third-order valence-electron chi connectivity index (χ3n) is 1.67. The zero-order chi connectivity index (χ0) is 6.15. The van der Waals surface area contributed by atoms with Crippen LogP contribution in [0.3, 0.4) is 0 Å². The predicted molar refractivity (Wildman–Crippen MR) is 41.9 cm³/mol. The predicted octanol–water partition coefficient (Wildman–Crippen LogP) is 0.460. The molecule has 0 amide bonds. The van der Waals surface area contributed by atoms with E-state index in [0.717, 1.165) is 13.1 Å². The second-order valence-corrected chi connectivity index (χ2v) is 2.81. The summed E-state index contributed by atoms with van der Waals surface area (Å²) in [5, 5.41) is 0. The Balaban J connectivity index is 0.000000640. The van der Waals surface area contributed by atoms with Crippen molar-refractivity contribution < 1.29 is 0 Å². The van der Waals surface area contributed by atoms with Crippen molar-refractivity contribution in [3.05, 3.63) is 0 Å². The van der Waals surface area contributed by atoms with Gasteiger partial charge in [0, 0.05) is 25.2 Å². The summed E-state index contributed by atoms with van der Waals surface area (Å²) < 4.78 is 0. The number of likely N-dealkylation sites (tertiary alicyclic amines) is 1. The Morgan fingerprint density at radius 2 is 1.89 bits per heavy atom. The summed E-state index contributed by atoms with van der Waals surface area (Å²) in [7, 11) is 0. The molecule has 0 bridgehead atoms. The quantitative estimate of drug-likeness (QED) is 0.589. The molecule has 2 N–H and O–H groups in total. The fourth-order valence-corrected chi connectivity index (χ4v) is 0.971. The van der Waals surface area contributed by atoms with Crippen molar-refractivity contribution in [2.45, 2.75) is 25.9 Å². The van der Waals surface area contributed by atoms with Crippen LogP contribution in [0.15, 0.2) is 0 Å². The summed E-state index contributed by atoms with van der Waals surface area (Å²) in [6, 6.07) is 1.15. The van der Waals surface area contributed by atoms with Crippen molar-refractivity contribution in [1.29, 1.82) is 0 Å². The molecule has 9 heavy (non-hydrogen) atoms. The number of hydrogen-bond acceptors (Lipinski definition) is 2. The second kappa shape index (κ2) is 3.40. The third kappa shape index (κ3) is 2.12. The fourth-order valence-electron chi connectivity index (χ4n) is 0.971. The van der Waals surface area contributed by atoms with Crippen molar-refractivity contribution in [3.63, 3.8) is 0 Å². The maximum absolute atomic E-state index is 5.56. The van der Waals surface area contributed by atoms with Gasteiger partial charge in [0.15, 0.2) is 0 Å². The van der Waals surface area contributed by atoms with Crippen LogP contribution in [0, 0.1) is 0 Å². The van der Waals surface area contributed by atoms with Gasteiger partial charge in [0.2, 0.25) is 0 Å². The highest BCUT2D eigenvalue weighted by Crippen LogP contribution is 2.08. The SMILES string of the molecule is CC(C)N1CC(N)C1.Cl. The fraction of sp³-hybridized carbons (Fsp3) is 1.00. The minimum atomic E-state index is 0. The molecule has 3 heteroatoms. The molecule has 1 aliphatic rings. The summed E-state index contributed by atoms with van der Waals surface area (Å²) in [6.45, 7) is 6.59. The molecule has 1 fully saturated rings. The summed E-state index contributed by atoms with van der Waals surface area (Å²) in [4.78, 5) is 2.37. The van der Waals surface area contributed by atoms with Gasteiger partial charge in [-0.25, -0.2) is 0 Å². The molecule has 0 radical (unpaired) electrons. The van der Waals surface area contributed by atoms with Crippen LogP contribution in [0.1, 0.15) is 13.8 Å². The van der Waals surface area contributed by atoms with E-state index in [-0.39, 0.29) is 12.4 Å². The first-order valence-electron chi connectivity index (χ1n) is 3.20. The highest BCUT2D eigenvalue weighted by atomic mass is 35.5. The zero-order valence-electron chi connectivity index (χ0n) is 6.00. The minimum absolute atomic E-state index is 0. The number of hydrogen-bond donors (Lipinski definition) is 1. The first-order chi connectivity index (χ1) is 3.70. The molecule has 1 heterocycles. The van der Waals surface area contributed by atoms with Gasteiger partial charge in [-0.15, -0.1) is 12.4 Å². The molecule has 0 atom stereocenters. The lowest BCUT2D eigenvalue weighted by Gasteiger charge is -2.39. The summed E-state index contributed by atoms with van der Waals surface area (Å²) in [6.07, 6.45) is 0. The van der Waals surface area contributed by atoms with E-state index in [1.807, 2.05) is 0 Å².